The molecule has 2 bridgehead atoms. The predicted octanol–water partition coefficient (Wildman–Crippen LogP) is 2.01. The summed E-state index contributed by atoms with van der Waals surface area (Å²) in [6, 6.07) is 2.60. The summed E-state index contributed by atoms with van der Waals surface area (Å²) in [7, 11) is -4.01. The highest BCUT2D eigenvalue weighted by Crippen LogP contribution is 2.41. The van der Waals surface area contributed by atoms with Crippen molar-refractivity contribution in [2.24, 2.45) is 0 Å². The van der Waals surface area contributed by atoms with Gasteiger partial charge < -0.3 is 8.37 Å². The molecule has 0 saturated heterocycles. The molecular weight excluding hydrogens is 239 g/mol. The Hall–Kier alpha value is -0.650. The van der Waals surface area contributed by atoms with E-state index >= 15 is 0 Å². The lowest BCUT2D eigenvalue weighted by Crippen LogP contribution is -2.20. The van der Waals surface area contributed by atoms with Crippen LogP contribution in [0.1, 0.15) is 0 Å². The Morgan fingerprint density at radius 3 is 2.00 bits per heavy atom. The van der Waals surface area contributed by atoms with Crippen LogP contribution in [0.25, 0.3) is 0 Å². The predicted molar refractivity (Wildman–Crippen MR) is 46.6 cm³/mol. The number of hydrogen-bond acceptors (Lipinski definition) is 4. The van der Waals surface area contributed by atoms with E-state index in [1.165, 1.54) is 12.1 Å². The molecule has 1 aromatic rings. The van der Waals surface area contributed by atoms with E-state index in [0.717, 1.165) is 0 Å². The number of halogens is 2. The number of hydrogen-bond donors (Lipinski definition) is 0. The van der Waals surface area contributed by atoms with Crippen LogP contribution in [-0.4, -0.2) is 8.42 Å². The summed E-state index contributed by atoms with van der Waals surface area (Å²) >= 11 is 11.3. The van der Waals surface area contributed by atoms with Gasteiger partial charge in [0.05, 0.1) is 0 Å². The molecule has 0 atom stereocenters. The summed E-state index contributed by atoms with van der Waals surface area (Å²) in [6.45, 7) is 0. The molecule has 1 heterocycles. The average Bonchev–Trinajstić information content (AvgIpc) is 1.94. The van der Waals surface area contributed by atoms with Crippen LogP contribution in [0.5, 0.6) is 11.5 Å². The Labute approximate surface area is 84.3 Å². The van der Waals surface area contributed by atoms with Gasteiger partial charge in [0, 0.05) is 17.2 Å². The zero-order valence-corrected chi connectivity index (χ0v) is 8.28. The van der Waals surface area contributed by atoms with Gasteiger partial charge in [0.2, 0.25) is 0 Å². The molecular formula is C6H2Cl2O4S. The second kappa shape index (κ2) is 2.67. The van der Waals surface area contributed by atoms with Crippen molar-refractivity contribution in [3.05, 3.63) is 22.2 Å². The SMILES string of the molecule is O=S1(=O)Oc2cc(Cl)cc(c2Cl)O1. The highest BCUT2D eigenvalue weighted by Gasteiger charge is 2.27. The third kappa shape index (κ3) is 1.54. The third-order valence-electron chi connectivity index (χ3n) is 1.35. The zero-order valence-electron chi connectivity index (χ0n) is 5.95. The van der Waals surface area contributed by atoms with Crippen LogP contribution in [0.15, 0.2) is 12.1 Å². The Morgan fingerprint density at radius 1 is 1.08 bits per heavy atom. The fourth-order valence-electron chi connectivity index (χ4n) is 0.898. The van der Waals surface area contributed by atoms with E-state index in [9.17, 15) is 8.42 Å². The van der Waals surface area contributed by atoms with Crippen molar-refractivity contribution in [3.8, 4) is 11.5 Å². The lowest BCUT2D eigenvalue weighted by Gasteiger charge is -2.16. The van der Waals surface area contributed by atoms with Gasteiger partial charge in [0.25, 0.3) is 0 Å². The molecule has 1 aromatic carbocycles. The summed E-state index contributed by atoms with van der Waals surface area (Å²) < 4.78 is 30.6. The molecule has 7 heteroatoms. The Bertz CT molecular complexity index is 435. The maximum atomic E-state index is 10.9. The topological polar surface area (TPSA) is 52.6 Å². The summed E-state index contributed by atoms with van der Waals surface area (Å²) in [6.07, 6.45) is 0. The first-order valence-corrected chi connectivity index (χ1v) is 5.20. The van der Waals surface area contributed by atoms with E-state index in [1.807, 2.05) is 0 Å². The molecule has 0 amide bonds. The monoisotopic (exact) mass is 240 g/mol. The molecule has 1 aliphatic rings. The van der Waals surface area contributed by atoms with Gasteiger partial charge in [-0.25, -0.2) is 0 Å². The number of rotatable bonds is 0. The molecule has 0 saturated carbocycles. The first-order chi connectivity index (χ1) is 5.98. The Balaban J connectivity index is 2.68. The Kier molecular flexibility index (Phi) is 1.83. The van der Waals surface area contributed by atoms with Gasteiger partial charge in [-0.1, -0.05) is 23.2 Å². The second-order valence-electron chi connectivity index (χ2n) is 2.29. The fraction of sp³-hybridized carbons (Fsp3) is 0. The average molecular weight is 241 g/mol. The van der Waals surface area contributed by atoms with Crippen LogP contribution in [0.3, 0.4) is 0 Å². The molecule has 0 aromatic heterocycles. The van der Waals surface area contributed by atoms with E-state index < -0.39 is 10.4 Å². The summed E-state index contributed by atoms with van der Waals surface area (Å²) in [4.78, 5) is 0. The number of fused-ring (bicyclic) bond motifs is 2. The lowest BCUT2D eigenvalue weighted by atomic mass is 10.3. The smallest absolute Gasteiger partial charge is 0.351 e. The first kappa shape index (κ1) is 8.93. The molecule has 0 unspecified atom stereocenters. The highest BCUT2D eigenvalue weighted by atomic mass is 35.5. The summed E-state index contributed by atoms with van der Waals surface area (Å²) in [5, 5.41) is 0.392. The van der Waals surface area contributed by atoms with E-state index in [4.69, 9.17) is 23.2 Å². The largest absolute Gasteiger partial charge is 0.501 e. The van der Waals surface area contributed by atoms with Gasteiger partial charge in [0.15, 0.2) is 11.5 Å². The molecule has 0 N–H and O–H groups in total. The normalized spacial score (nSPS) is 17.4. The van der Waals surface area contributed by atoms with Crippen molar-refractivity contribution in [2.75, 3.05) is 0 Å². The second-order valence-corrected chi connectivity index (χ2v) is 4.26. The van der Waals surface area contributed by atoms with Crippen LogP contribution in [0.2, 0.25) is 10.0 Å². The highest BCUT2D eigenvalue weighted by molar-refractivity contribution is 7.82. The van der Waals surface area contributed by atoms with Crippen LogP contribution >= 0.6 is 23.2 Å². The van der Waals surface area contributed by atoms with E-state index in [1.54, 1.807) is 0 Å². The minimum absolute atomic E-state index is 0.0181. The van der Waals surface area contributed by atoms with Crippen LogP contribution < -0.4 is 8.37 Å². The fourth-order valence-corrected chi connectivity index (χ4v) is 2.11. The van der Waals surface area contributed by atoms with Crippen molar-refractivity contribution >= 4 is 33.6 Å². The molecule has 2 rings (SSSR count). The standard InChI is InChI=1S/C6H2Cl2O4S/c7-3-1-4-6(8)5(2-3)12-13(9,10)11-4/h1-2H. The first-order valence-electron chi connectivity index (χ1n) is 3.11. The maximum absolute atomic E-state index is 10.9. The molecule has 0 radical (unpaired) electrons. The molecule has 70 valence electrons. The maximum Gasteiger partial charge on any atom is 0.501 e. The van der Waals surface area contributed by atoms with Crippen molar-refractivity contribution in [2.45, 2.75) is 0 Å². The molecule has 0 aliphatic carbocycles. The van der Waals surface area contributed by atoms with Crippen LogP contribution in [-0.2, 0) is 10.4 Å². The van der Waals surface area contributed by atoms with Gasteiger partial charge in [-0.3, -0.25) is 0 Å². The van der Waals surface area contributed by atoms with Crippen LogP contribution in [0.4, 0.5) is 0 Å². The van der Waals surface area contributed by atoms with Gasteiger partial charge in [-0.2, -0.15) is 0 Å². The van der Waals surface area contributed by atoms with Crippen molar-refractivity contribution in [3.63, 3.8) is 0 Å². The van der Waals surface area contributed by atoms with Gasteiger partial charge in [-0.15, -0.1) is 8.42 Å². The van der Waals surface area contributed by atoms with E-state index in [-0.39, 0.29) is 16.5 Å². The Morgan fingerprint density at radius 2 is 1.54 bits per heavy atom. The molecule has 4 nitrogen and oxygen atoms in total. The molecule has 1 aliphatic heterocycles. The minimum atomic E-state index is -4.01. The van der Waals surface area contributed by atoms with E-state index in [2.05, 4.69) is 8.37 Å². The molecule has 0 fully saturated rings. The van der Waals surface area contributed by atoms with E-state index in [0.29, 0.717) is 5.02 Å². The van der Waals surface area contributed by atoms with Crippen molar-refractivity contribution in [1.82, 2.24) is 0 Å². The quantitative estimate of drug-likeness (QED) is 0.697. The zero-order chi connectivity index (χ0) is 9.64. The van der Waals surface area contributed by atoms with Crippen molar-refractivity contribution < 1.29 is 16.8 Å². The van der Waals surface area contributed by atoms with Gasteiger partial charge in [0.1, 0.15) is 5.02 Å². The molecule has 13 heavy (non-hydrogen) atoms. The van der Waals surface area contributed by atoms with Gasteiger partial charge in [-0.05, 0) is 0 Å². The van der Waals surface area contributed by atoms with Gasteiger partial charge >= 0.3 is 10.4 Å². The third-order valence-corrected chi connectivity index (χ3v) is 2.71. The minimum Gasteiger partial charge on any atom is -0.351 e. The summed E-state index contributed by atoms with van der Waals surface area (Å²) in [5.41, 5.74) is 0. The van der Waals surface area contributed by atoms with Crippen LogP contribution in [0, 0.1) is 0 Å². The lowest BCUT2D eigenvalue weighted by molar-refractivity contribution is 0.379. The van der Waals surface area contributed by atoms with Crippen molar-refractivity contribution in [1.29, 1.82) is 0 Å². The summed E-state index contributed by atoms with van der Waals surface area (Å²) in [5.74, 6) is -0.0363. The molecule has 0 spiro atoms. The number of benzene rings is 1.